The van der Waals surface area contributed by atoms with E-state index >= 15 is 0 Å². The summed E-state index contributed by atoms with van der Waals surface area (Å²) < 4.78 is 2.01. The molecule has 1 fully saturated rings. The molecule has 1 N–H and O–H groups in total. The van der Waals surface area contributed by atoms with Gasteiger partial charge in [-0.1, -0.05) is 31.9 Å². The number of nitrogens with one attached hydrogen (secondary N) is 1. The Balaban J connectivity index is 1.65. The molecule has 0 bridgehead atoms. The molecule has 1 aromatic carbocycles. The van der Waals surface area contributed by atoms with Crippen LogP contribution >= 0.6 is 11.8 Å². The second-order valence-electron chi connectivity index (χ2n) is 6.29. The van der Waals surface area contributed by atoms with E-state index in [4.69, 9.17) is 0 Å². The SMILES string of the molecule is CCS[C@@H]1CCCC[C@@H]1NC(=O)c1cccc(Cn2ccnc2)c1. The van der Waals surface area contributed by atoms with Crippen molar-refractivity contribution in [3.63, 3.8) is 0 Å². The predicted octanol–water partition coefficient (Wildman–Crippen LogP) is 3.73. The smallest absolute Gasteiger partial charge is 0.251 e. The molecule has 5 heteroatoms. The van der Waals surface area contributed by atoms with Crippen molar-refractivity contribution in [1.29, 1.82) is 0 Å². The lowest BCUT2D eigenvalue weighted by Gasteiger charge is -2.31. The van der Waals surface area contributed by atoms with Gasteiger partial charge >= 0.3 is 0 Å². The molecule has 0 radical (unpaired) electrons. The molecule has 0 saturated heterocycles. The first kappa shape index (κ1) is 17.1. The first-order valence-corrected chi connectivity index (χ1v) is 9.78. The highest BCUT2D eigenvalue weighted by Gasteiger charge is 2.26. The summed E-state index contributed by atoms with van der Waals surface area (Å²) in [6.07, 6.45) is 10.3. The number of thioether (sulfide) groups is 1. The van der Waals surface area contributed by atoms with Gasteiger partial charge < -0.3 is 9.88 Å². The molecule has 1 aromatic heterocycles. The third kappa shape index (κ3) is 4.41. The summed E-state index contributed by atoms with van der Waals surface area (Å²) in [6, 6.07) is 8.19. The maximum absolute atomic E-state index is 12.7. The lowest BCUT2D eigenvalue weighted by Crippen LogP contribution is -2.43. The number of carbonyl (C=O) groups is 1. The van der Waals surface area contributed by atoms with Crippen molar-refractivity contribution in [1.82, 2.24) is 14.9 Å². The summed E-state index contributed by atoms with van der Waals surface area (Å²) in [5, 5.41) is 3.83. The number of hydrogen-bond acceptors (Lipinski definition) is 3. The van der Waals surface area contributed by atoms with Gasteiger partial charge in [0.2, 0.25) is 0 Å². The largest absolute Gasteiger partial charge is 0.348 e. The lowest BCUT2D eigenvalue weighted by atomic mass is 9.94. The Bertz CT molecular complexity index is 654. The molecule has 128 valence electrons. The van der Waals surface area contributed by atoms with E-state index in [1.165, 1.54) is 19.3 Å². The maximum Gasteiger partial charge on any atom is 0.251 e. The van der Waals surface area contributed by atoms with Crippen LogP contribution in [-0.4, -0.2) is 32.5 Å². The topological polar surface area (TPSA) is 46.9 Å². The molecule has 3 rings (SSSR count). The van der Waals surface area contributed by atoms with Gasteiger partial charge in [0.25, 0.3) is 5.91 Å². The van der Waals surface area contributed by atoms with Crippen molar-refractivity contribution in [3.05, 3.63) is 54.1 Å². The van der Waals surface area contributed by atoms with Crippen molar-refractivity contribution < 1.29 is 4.79 Å². The third-order valence-electron chi connectivity index (χ3n) is 4.51. The van der Waals surface area contributed by atoms with Gasteiger partial charge in [0.1, 0.15) is 0 Å². The van der Waals surface area contributed by atoms with Crippen LogP contribution in [0.4, 0.5) is 0 Å². The van der Waals surface area contributed by atoms with E-state index in [9.17, 15) is 4.79 Å². The molecule has 0 spiro atoms. The van der Waals surface area contributed by atoms with E-state index in [0.29, 0.717) is 11.3 Å². The fourth-order valence-corrected chi connectivity index (χ4v) is 4.53. The highest BCUT2D eigenvalue weighted by atomic mass is 32.2. The van der Waals surface area contributed by atoms with Gasteiger partial charge in [-0.25, -0.2) is 4.98 Å². The van der Waals surface area contributed by atoms with E-state index in [1.54, 1.807) is 12.5 Å². The number of imidazole rings is 1. The van der Waals surface area contributed by atoms with Gasteiger partial charge in [-0.3, -0.25) is 4.79 Å². The molecule has 1 aliphatic carbocycles. The molecule has 1 heterocycles. The van der Waals surface area contributed by atoms with Crippen LogP contribution in [0.15, 0.2) is 43.0 Å². The number of aromatic nitrogens is 2. The Kier molecular flexibility index (Phi) is 5.96. The minimum atomic E-state index is 0.0519. The second kappa shape index (κ2) is 8.38. The summed E-state index contributed by atoms with van der Waals surface area (Å²) >= 11 is 1.98. The van der Waals surface area contributed by atoms with E-state index in [1.807, 2.05) is 46.8 Å². The van der Waals surface area contributed by atoms with E-state index in [2.05, 4.69) is 17.2 Å². The summed E-state index contributed by atoms with van der Waals surface area (Å²) in [7, 11) is 0. The van der Waals surface area contributed by atoms with E-state index in [0.717, 1.165) is 29.8 Å². The Labute approximate surface area is 148 Å². The minimum Gasteiger partial charge on any atom is -0.348 e. The van der Waals surface area contributed by atoms with Crippen molar-refractivity contribution in [3.8, 4) is 0 Å². The van der Waals surface area contributed by atoms with E-state index in [-0.39, 0.29) is 5.91 Å². The first-order valence-electron chi connectivity index (χ1n) is 8.73. The third-order valence-corrected chi connectivity index (χ3v) is 5.84. The lowest BCUT2D eigenvalue weighted by molar-refractivity contribution is 0.0929. The number of rotatable bonds is 6. The van der Waals surface area contributed by atoms with Crippen LogP contribution in [0.1, 0.15) is 48.5 Å². The van der Waals surface area contributed by atoms with Crippen LogP contribution in [-0.2, 0) is 6.54 Å². The average molecular weight is 343 g/mol. The van der Waals surface area contributed by atoms with Gasteiger partial charge in [0.15, 0.2) is 0 Å². The van der Waals surface area contributed by atoms with Gasteiger partial charge in [0.05, 0.1) is 6.33 Å². The van der Waals surface area contributed by atoms with Gasteiger partial charge in [-0.15, -0.1) is 0 Å². The summed E-state index contributed by atoms with van der Waals surface area (Å²) in [4.78, 5) is 16.7. The van der Waals surface area contributed by atoms with Crippen LogP contribution in [0.25, 0.3) is 0 Å². The highest BCUT2D eigenvalue weighted by Crippen LogP contribution is 2.28. The molecule has 4 nitrogen and oxygen atoms in total. The number of carbonyl (C=O) groups excluding carboxylic acids is 1. The molecule has 1 saturated carbocycles. The fourth-order valence-electron chi connectivity index (χ4n) is 3.33. The zero-order chi connectivity index (χ0) is 16.8. The molecule has 1 amide bonds. The molecular formula is C19H25N3OS. The van der Waals surface area contributed by atoms with Crippen molar-refractivity contribution in [2.75, 3.05) is 5.75 Å². The molecule has 1 aliphatic rings. The predicted molar refractivity (Wildman–Crippen MR) is 99.4 cm³/mol. The molecule has 2 aromatic rings. The molecule has 0 unspecified atom stereocenters. The van der Waals surface area contributed by atoms with E-state index < -0.39 is 0 Å². The van der Waals surface area contributed by atoms with Crippen molar-refractivity contribution in [2.45, 2.75) is 50.4 Å². The number of benzene rings is 1. The van der Waals surface area contributed by atoms with Gasteiger partial charge in [-0.2, -0.15) is 11.8 Å². The molecule has 0 aliphatic heterocycles. The number of hydrogen-bond donors (Lipinski definition) is 1. The molecule has 2 atom stereocenters. The average Bonchev–Trinajstić information content (AvgIpc) is 3.10. The zero-order valence-corrected chi connectivity index (χ0v) is 15.0. The Hall–Kier alpha value is -1.75. The van der Waals surface area contributed by atoms with Crippen molar-refractivity contribution in [2.24, 2.45) is 0 Å². The molecule has 24 heavy (non-hydrogen) atoms. The highest BCUT2D eigenvalue weighted by molar-refractivity contribution is 7.99. The monoisotopic (exact) mass is 343 g/mol. The van der Waals surface area contributed by atoms with Gasteiger partial charge in [-0.05, 0) is 36.3 Å². The van der Waals surface area contributed by atoms with Crippen molar-refractivity contribution >= 4 is 17.7 Å². The summed E-state index contributed by atoms with van der Waals surface area (Å²) in [6.45, 7) is 2.93. The zero-order valence-electron chi connectivity index (χ0n) is 14.1. The van der Waals surface area contributed by atoms with Crippen LogP contribution in [0.2, 0.25) is 0 Å². The quantitative estimate of drug-likeness (QED) is 0.869. The van der Waals surface area contributed by atoms with Gasteiger partial charge in [0, 0.05) is 35.8 Å². The fraction of sp³-hybridized carbons (Fsp3) is 0.474. The Morgan fingerprint density at radius 2 is 2.25 bits per heavy atom. The van der Waals surface area contributed by atoms with Crippen LogP contribution in [0.3, 0.4) is 0 Å². The second-order valence-corrected chi connectivity index (χ2v) is 7.81. The number of amides is 1. The maximum atomic E-state index is 12.7. The Morgan fingerprint density at radius 3 is 3.04 bits per heavy atom. The summed E-state index contributed by atoms with van der Waals surface area (Å²) in [5.41, 5.74) is 1.86. The summed E-state index contributed by atoms with van der Waals surface area (Å²) in [5.74, 6) is 1.16. The first-order chi connectivity index (χ1) is 11.8. The number of nitrogens with zero attached hydrogens (tertiary/aromatic N) is 2. The van der Waals surface area contributed by atoms with Crippen LogP contribution < -0.4 is 5.32 Å². The normalized spacial score (nSPS) is 20.7. The minimum absolute atomic E-state index is 0.0519. The van der Waals surface area contributed by atoms with Crippen LogP contribution in [0, 0.1) is 0 Å². The molecular weight excluding hydrogens is 318 g/mol. The standard InChI is InChI=1S/C19H25N3OS/c1-2-24-18-9-4-3-8-17(18)21-19(23)16-7-5-6-15(12-16)13-22-11-10-20-14-22/h5-7,10-12,14,17-18H,2-4,8-9,13H2,1H3,(H,21,23)/t17-,18+/m0/s1. The Morgan fingerprint density at radius 1 is 1.38 bits per heavy atom. The van der Waals surface area contributed by atoms with Crippen LogP contribution in [0.5, 0.6) is 0 Å².